The number of benzene rings is 1. The molecule has 0 aliphatic rings. The largest absolute Gasteiger partial charge is 0.504 e. The number of amides is 1. The van der Waals surface area contributed by atoms with Gasteiger partial charge in [-0.2, -0.15) is 0 Å². The van der Waals surface area contributed by atoms with Crippen LogP contribution in [0.25, 0.3) is 11.0 Å². The van der Waals surface area contributed by atoms with Crippen molar-refractivity contribution in [2.24, 2.45) is 0 Å². The fourth-order valence-electron chi connectivity index (χ4n) is 2.88. The van der Waals surface area contributed by atoms with Crippen molar-refractivity contribution in [1.82, 2.24) is 4.98 Å². The van der Waals surface area contributed by atoms with Gasteiger partial charge >= 0.3 is 11.6 Å². The Morgan fingerprint density at radius 2 is 1.97 bits per heavy atom. The van der Waals surface area contributed by atoms with Crippen LogP contribution in [0, 0.1) is 6.92 Å². The van der Waals surface area contributed by atoms with Crippen molar-refractivity contribution in [2.75, 3.05) is 19.5 Å². The highest BCUT2D eigenvalue weighted by Gasteiger charge is 2.17. The first kappa shape index (κ1) is 19.9. The number of aromatic hydroxyl groups is 1. The van der Waals surface area contributed by atoms with Crippen LogP contribution >= 0.6 is 0 Å². The van der Waals surface area contributed by atoms with Gasteiger partial charge in [0.05, 0.1) is 43.7 Å². The molecule has 3 rings (SSSR count). The Bertz CT molecular complexity index is 1170. The predicted octanol–water partition coefficient (Wildman–Crippen LogP) is 2.18. The van der Waals surface area contributed by atoms with Gasteiger partial charge in [0.15, 0.2) is 11.5 Å². The van der Waals surface area contributed by atoms with E-state index in [2.05, 4.69) is 15.0 Å². The van der Waals surface area contributed by atoms with E-state index in [1.165, 1.54) is 44.8 Å². The number of phenolic OH excluding ortho intramolecular Hbond substituents is 1. The lowest BCUT2D eigenvalue weighted by Crippen LogP contribution is -2.21. The van der Waals surface area contributed by atoms with E-state index in [9.17, 15) is 19.5 Å². The van der Waals surface area contributed by atoms with Crippen LogP contribution in [0.2, 0.25) is 0 Å². The minimum atomic E-state index is -0.684. The number of aromatic nitrogens is 1. The van der Waals surface area contributed by atoms with E-state index in [1.54, 1.807) is 6.92 Å². The summed E-state index contributed by atoms with van der Waals surface area (Å²) in [5.41, 5.74) is 0.665. The number of phenols is 1. The number of methoxy groups -OCH3 is 2. The third kappa shape index (κ3) is 4.03. The number of ether oxygens (including phenoxy) is 2. The molecule has 2 N–H and O–H groups in total. The van der Waals surface area contributed by atoms with E-state index in [0.717, 1.165) is 0 Å². The average Bonchev–Trinajstić information content (AvgIpc) is 2.70. The Balaban J connectivity index is 1.90. The normalized spacial score (nSPS) is 10.6. The van der Waals surface area contributed by atoms with Gasteiger partial charge in [0.25, 0.3) is 0 Å². The van der Waals surface area contributed by atoms with Gasteiger partial charge in [0.2, 0.25) is 5.91 Å². The Morgan fingerprint density at radius 3 is 2.66 bits per heavy atom. The Labute approximate surface area is 164 Å². The maximum absolute atomic E-state index is 12.4. The standard InChI is InChI=1S/C20H18N2O7/c1-10-13-5-17(27-2)15(23)7-16(13)29-20(26)14(10)6-18(24)22-12-4-11(8-21-9-12)19(25)28-3/h4-5,7-9,23H,6H2,1-3H3,(H,22,24). The van der Waals surface area contributed by atoms with Gasteiger partial charge in [-0.05, 0) is 24.6 Å². The van der Waals surface area contributed by atoms with E-state index in [-0.39, 0.29) is 40.3 Å². The summed E-state index contributed by atoms with van der Waals surface area (Å²) in [5, 5.41) is 13.0. The molecule has 2 heterocycles. The summed E-state index contributed by atoms with van der Waals surface area (Å²) in [7, 11) is 2.64. The number of esters is 1. The molecule has 9 nitrogen and oxygen atoms in total. The van der Waals surface area contributed by atoms with Gasteiger partial charge in [0, 0.05) is 17.6 Å². The third-order valence-electron chi connectivity index (χ3n) is 4.37. The quantitative estimate of drug-likeness (QED) is 0.494. The van der Waals surface area contributed by atoms with Crippen molar-refractivity contribution < 1.29 is 28.6 Å². The molecule has 0 radical (unpaired) electrons. The fraction of sp³-hybridized carbons (Fsp3) is 0.200. The molecule has 0 bridgehead atoms. The molecule has 0 aliphatic carbocycles. The number of carbonyl (C=O) groups is 2. The predicted molar refractivity (Wildman–Crippen MR) is 103 cm³/mol. The summed E-state index contributed by atoms with van der Waals surface area (Å²) in [4.78, 5) is 40.3. The molecule has 0 unspecified atom stereocenters. The minimum Gasteiger partial charge on any atom is -0.504 e. The molecule has 150 valence electrons. The van der Waals surface area contributed by atoms with Crippen molar-refractivity contribution >= 4 is 28.5 Å². The van der Waals surface area contributed by atoms with Crippen molar-refractivity contribution in [3.63, 3.8) is 0 Å². The minimum absolute atomic E-state index is 0.161. The SMILES string of the molecule is COC(=O)c1cncc(NC(=O)Cc2c(C)c3cc(OC)c(O)cc3oc2=O)c1. The summed E-state index contributed by atoms with van der Waals surface area (Å²) in [5.74, 6) is -1.02. The molecule has 3 aromatic rings. The van der Waals surface area contributed by atoms with Gasteiger partial charge in [-0.25, -0.2) is 9.59 Å². The maximum atomic E-state index is 12.4. The molecule has 0 atom stereocenters. The van der Waals surface area contributed by atoms with Crippen LogP contribution in [-0.2, 0) is 16.0 Å². The first-order valence-electron chi connectivity index (χ1n) is 8.50. The van der Waals surface area contributed by atoms with Crippen molar-refractivity contribution in [3.8, 4) is 11.5 Å². The summed E-state index contributed by atoms with van der Waals surface area (Å²) in [6.45, 7) is 1.68. The number of fused-ring (bicyclic) bond motifs is 1. The Morgan fingerprint density at radius 1 is 1.21 bits per heavy atom. The van der Waals surface area contributed by atoms with E-state index in [1.807, 2.05) is 0 Å². The molecule has 0 fully saturated rings. The Hall–Kier alpha value is -3.88. The van der Waals surface area contributed by atoms with Gasteiger partial charge in [-0.15, -0.1) is 0 Å². The summed E-state index contributed by atoms with van der Waals surface area (Å²) in [6.07, 6.45) is 2.43. The number of nitrogens with one attached hydrogen (secondary N) is 1. The number of pyridine rings is 1. The summed E-state index contributed by atoms with van der Waals surface area (Å²) >= 11 is 0. The average molecular weight is 398 g/mol. The van der Waals surface area contributed by atoms with Crippen LogP contribution in [0.1, 0.15) is 21.5 Å². The molecular weight excluding hydrogens is 380 g/mol. The zero-order chi connectivity index (χ0) is 21.1. The van der Waals surface area contributed by atoms with Gasteiger partial charge in [-0.3, -0.25) is 9.78 Å². The van der Waals surface area contributed by atoms with Gasteiger partial charge in [-0.1, -0.05) is 0 Å². The van der Waals surface area contributed by atoms with Crippen molar-refractivity contribution in [3.05, 3.63) is 57.7 Å². The lowest BCUT2D eigenvalue weighted by Gasteiger charge is -2.11. The van der Waals surface area contributed by atoms with E-state index < -0.39 is 17.5 Å². The van der Waals surface area contributed by atoms with Crippen molar-refractivity contribution in [1.29, 1.82) is 0 Å². The zero-order valence-electron chi connectivity index (χ0n) is 15.9. The number of nitrogens with zero attached hydrogens (tertiary/aromatic N) is 1. The van der Waals surface area contributed by atoms with Gasteiger partial charge < -0.3 is 24.3 Å². The fourth-order valence-corrected chi connectivity index (χ4v) is 2.88. The third-order valence-corrected chi connectivity index (χ3v) is 4.37. The van der Waals surface area contributed by atoms with Crippen LogP contribution in [0.3, 0.4) is 0 Å². The lowest BCUT2D eigenvalue weighted by atomic mass is 10.0. The number of rotatable bonds is 5. The molecule has 0 aliphatic heterocycles. The molecule has 29 heavy (non-hydrogen) atoms. The highest BCUT2D eigenvalue weighted by atomic mass is 16.5. The maximum Gasteiger partial charge on any atom is 0.340 e. The number of aryl methyl sites for hydroxylation is 1. The molecule has 0 spiro atoms. The number of hydrogen-bond donors (Lipinski definition) is 2. The number of anilines is 1. The molecule has 1 aromatic carbocycles. The van der Waals surface area contributed by atoms with E-state index in [4.69, 9.17) is 9.15 Å². The second-order valence-corrected chi connectivity index (χ2v) is 6.19. The molecular formula is C20H18N2O7. The summed E-state index contributed by atoms with van der Waals surface area (Å²) < 4.78 is 14.9. The van der Waals surface area contributed by atoms with Crippen LogP contribution < -0.4 is 15.7 Å². The summed E-state index contributed by atoms with van der Waals surface area (Å²) in [6, 6.07) is 4.24. The molecule has 9 heteroatoms. The molecule has 0 saturated heterocycles. The Kier molecular flexibility index (Phi) is 5.49. The lowest BCUT2D eigenvalue weighted by molar-refractivity contribution is -0.115. The van der Waals surface area contributed by atoms with Crippen LogP contribution in [0.15, 0.2) is 39.8 Å². The highest BCUT2D eigenvalue weighted by Crippen LogP contribution is 2.32. The van der Waals surface area contributed by atoms with Crippen LogP contribution in [-0.4, -0.2) is 36.2 Å². The second kappa shape index (κ2) is 8.01. The van der Waals surface area contributed by atoms with Crippen LogP contribution in [0.4, 0.5) is 5.69 Å². The van der Waals surface area contributed by atoms with Gasteiger partial charge in [0.1, 0.15) is 5.58 Å². The first-order chi connectivity index (χ1) is 13.8. The number of carbonyl (C=O) groups excluding carboxylic acids is 2. The second-order valence-electron chi connectivity index (χ2n) is 6.19. The monoisotopic (exact) mass is 398 g/mol. The van der Waals surface area contributed by atoms with E-state index >= 15 is 0 Å². The highest BCUT2D eigenvalue weighted by molar-refractivity contribution is 5.95. The topological polar surface area (TPSA) is 128 Å². The molecule has 2 aromatic heterocycles. The number of hydrogen-bond acceptors (Lipinski definition) is 8. The van der Waals surface area contributed by atoms with Crippen LogP contribution in [0.5, 0.6) is 11.5 Å². The molecule has 0 saturated carbocycles. The zero-order valence-corrected chi connectivity index (χ0v) is 15.9. The first-order valence-corrected chi connectivity index (χ1v) is 8.50. The molecule has 1 amide bonds. The smallest absolute Gasteiger partial charge is 0.340 e. The van der Waals surface area contributed by atoms with Crippen molar-refractivity contribution in [2.45, 2.75) is 13.3 Å². The van der Waals surface area contributed by atoms with E-state index in [0.29, 0.717) is 10.9 Å².